The standard InChI is InChI=1S/C18H22N5O5PS/c1-3-5-11-8-25-29(24,28-13(11)4-2)26-9-12-6-7-14(27-12)23-10-20-15-16(23)21-18(19)22-17(15)30/h3-5,10,12,14,24H,2,6-9H2,1H3,(H2-,19,21,22,30)/p+1/b5-3-. The molecule has 4 rings (SSSR count). The van der Waals surface area contributed by atoms with Crippen molar-refractivity contribution in [3.8, 4) is 0 Å². The van der Waals surface area contributed by atoms with Gasteiger partial charge in [0.2, 0.25) is 0 Å². The molecule has 30 heavy (non-hydrogen) atoms. The number of nitrogen functional groups attached to an aromatic ring is 1. The molecule has 4 N–H and O–H groups in total. The number of nitrogens with zero attached hydrogens (tertiary/aromatic N) is 3. The molecule has 3 atom stereocenters. The van der Waals surface area contributed by atoms with Crippen LogP contribution in [0.5, 0.6) is 0 Å². The topological polar surface area (TPSA) is 130 Å². The second-order valence-electron chi connectivity index (χ2n) is 6.79. The van der Waals surface area contributed by atoms with Gasteiger partial charge in [-0.1, -0.05) is 30.9 Å². The van der Waals surface area contributed by atoms with Crippen LogP contribution in [0.25, 0.3) is 11.2 Å². The first-order valence-electron chi connectivity index (χ1n) is 9.39. The fourth-order valence-corrected chi connectivity index (χ4v) is 4.88. The molecule has 0 aliphatic carbocycles. The van der Waals surface area contributed by atoms with Gasteiger partial charge in [0.25, 0.3) is 0 Å². The number of allylic oxidation sites excluding steroid dienone is 2. The van der Waals surface area contributed by atoms with E-state index in [1.54, 1.807) is 6.33 Å². The normalized spacial score (nSPS) is 27.1. The van der Waals surface area contributed by atoms with E-state index in [9.17, 15) is 4.89 Å². The molecule has 2 aromatic rings. The van der Waals surface area contributed by atoms with Crippen LogP contribution >= 0.6 is 20.4 Å². The molecule has 2 aliphatic heterocycles. The number of imidazole rings is 1. The van der Waals surface area contributed by atoms with E-state index in [2.05, 4.69) is 21.5 Å². The van der Waals surface area contributed by atoms with E-state index in [0.717, 1.165) is 18.4 Å². The Bertz CT molecular complexity index is 1080. The molecule has 0 spiro atoms. The largest absolute Gasteiger partial charge is 0.619 e. The minimum absolute atomic E-state index is 0.122. The highest BCUT2D eigenvalue weighted by molar-refractivity contribution is 7.71. The number of hydrogen-bond donors (Lipinski definition) is 3. The summed E-state index contributed by atoms with van der Waals surface area (Å²) in [6.45, 7) is 5.90. The predicted molar refractivity (Wildman–Crippen MR) is 114 cm³/mol. The summed E-state index contributed by atoms with van der Waals surface area (Å²) in [5, 5.41) is 0. The molecule has 2 aromatic heterocycles. The Balaban J connectivity index is 1.41. The third kappa shape index (κ3) is 4.18. The van der Waals surface area contributed by atoms with Gasteiger partial charge in [-0.25, -0.2) is 9.97 Å². The Kier molecular flexibility index (Phi) is 6.01. The van der Waals surface area contributed by atoms with Crippen LogP contribution in [0.15, 0.2) is 42.5 Å². The third-order valence-electron chi connectivity index (χ3n) is 4.75. The van der Waals surface area contributed by atoms with Crippen LogP contribution in [0.4, 0.5) is 5.95 Å². The second-order valence-corrected chi connectivity index (χ2v) is 8.81. The first-order chi connectivity index (χ1) is 14.4. The lowest BCUT2D eigenvalue weighted by atomic mass is 10.2. The molecule has 0 aromatic carbocycles. The summed E-state index contributed by atoms with van der Waals surface area (Å²) in [5.41, 5.74) is 7.78. The molecule has 4 heterocycles. The van der Waals surface area contributed by atoms with E-state index in [4.69, 9.17) is 36.3 Å². The minimum atomic E-state index is -3.49. The number of fused-ring (bicyclic) bond motifs is 1. The van der Waals surface area contributed by atoms with Gasteiger partial charge in [0.1, 0.15) is 30.6 Å². The van der Waals surface area contributed by atoms with Crippen molar-refractivity contribution in [2.24, 2.45) is 0 Å². The van der Waals surface area contributed by atoms with Gasteiger partial charge in [-0.05, 0) is 25.8 Å². The maximum atomic E-state index is 10.6. The Morgan fingerprint density at radius 1 is 1.53 bits per heavy atom. The molecule has 1 saturated heterocycles. The summed E-state index contributed by atoms with van der Waals surface area (Å²) in [4.78, 5) is 21.9. The monoisotopic (exact) mass is 452 g/mol. The Morgan fingerprint density at radius 3 is 3.13 bits per heavy atom. The van der Waals surface area contributed by atoms with Gasteiger partial charge in [0.05, 0.1) is 12.4 Å². The number of nitrogens with two attached hydrogens (primary N) is 1. The summed E-state index contributed by atoms with van der Waals surface area (Å²) in [7, 11) is -3.49. The van der Waals surface area contributed by atoms with Crippen molar-refractivity contribution in [3.63, 3.8) is 0 Å². The van der Waals surface area contributed by atoms with Crippen LogP contribution in [-0.4, -0.2) is 43.7 Å². The molecule has 0 radical (unpaired) electrons. The zero-order valence-corrected chi connectivity index (χ0v) is 18.1. The van der Waals surface area contributed by atoms with Crippen molar-refractivity contribution >= 4 is 37.5 Å². The van der Waals surface area contributed by atoms with Crippen LogP contribution in [0.2, 0.25) is 0 Å². The fourth-order valence-electron chi connectivity index (χ4n) is 3.36. The SMILES string of the molecule is C=CC1=C(/C=C\C)CO[P+](O)(OCC2CCC(n3cnc4c(=S)nc(N)[nH]c43)O2)O1. The lowest BCUT2D eigenvalue weighted by molar-refractivity contribution is -0.0275. The van der Waals surface area contributed by atoms with Crippen LogP contribution in [-0.2, 0) is 18.3 Å². The average Bonchev–Trinajstić information content (AvgIpc) is 3.35. The third-order valence-corrected chi connectivity index (χ3v) is 6.39. The number of H-pyrrole nitrogens is 1. The number of aromatic nitrogens is 4. The van der Waals surface area contributed by atoms with E-state index in [-0.39, 0.29) is 31.5 Å². The summed E-state index contributed by atoms with van der Waals surface area (Å²) in [5.74, 6) is 0.667. The zero-order valence-electron chi connectivity index (χ0n) is 16.4. The highest BCUT2D eigenvalue weighted by Gasteiger charge is 2.51. The lowest BCUT2D eigenvalue weighted by Gasteiger charge is -2.22. The highest BCUT2D eigenvalue weighted by Crippen LogP contribution is 2.62. The van der Waals surface area contributed by atoms with Crippen LogP contribution < -0.4 is 5.73 Å². The van der Waals surface area contributed by atoms with Gasteiger partial charge >= 0.3 is 8.17 Å². The van der Waals surface area contributed by atoms with Gasteiger partial charge in [-0.3, -0.25) is 9.09 Å². The van der Waals surface area contributed by atoms with E-state index >= 15 is 0 Å². The molecule has 3 unspecified atom stereocenters. The van der Waals surface area contributed by atoms with Gasteiger partial charge in [0.15, 0.2) is 16.3 Å². The first kappa shape index (κ1) is 21.1. The van der Waals surface area contributed by atoms with Crippen molar-refractivity contribution in [2.75, 3.05) is 18.9 Å². The molecule has 1 fully saturated rings. The Hall–Kier alpha value is -2.14. The Labute approximate surface area is 178 Å². The smallest absolute Gasteiger partial charge is 0.369 e. The van der Waals surface area contributed by atoms with Crippen molar-refractivity contribution in [2.45, 2.75) is 32.1 Å². The first-order valence-corrected chi connectivity index (χ1v) is 11.3. The predicted octanol–water partition coefficient (Wildman–Crippen LogP) is 3.50. The average molecular weight is 452 g/mol. The molecule has 2 aliphatic rings. The Morgan fingerprint density at radius 2 is 2.37 bits per heavy atom. The summed E-state index contributed by atoms with van der Waals surface area (Å²) < 4.78 is 24.9. The number of nitrogens with one attached hydrogen (secondary N) is 1. The highest BCUT2D eigenvalue weighted by atomic mass is 32.1. The van der Waals surface area contributed by atoms with Crippen LogP contribution in [0, 0.1) is 4.64 Å². The fraction of sp³-hybridized carbons (Fsp3) is 0.389. The molecule has 10 nitrogen and oxygen atoms in total. The maximum Gasteiger partial charge on any atom is 0.619 e. The van der Waals surface area contributed by atoms with E-state index in [0.29, 0.717) is 21.6 Å². The quantitative estimate of drug-likeness (QED) is 0.445. The van der Waals surface area contributed by atoms with E-state index < -0.39 is 8.17 Å². The van der Waals surface area contributed by atoms with Gasteiger partial charge in [-0.2, -0.15) is 4.89 Å². The molecular weight excluding hydrogens is 429 g/mol. The summed E-state index contributed by atoms with van der Waals surface area (Å²) >= 11 is 5.21. The van der Waals surface area contributed by atoms with Gasteiger partial charge in [-0.15, -0.1) is 9.05 Å². The number of anilines is 1. The van der Waals surface area contributed by atoms with Gasteiger partial charge < -0.3 is 15.5 Å². The van der Waals surface area contributed by atoms with Gasteiger partial charge in [0, 0.05) is 5.57 Å². The summed E-state index contributed by atoms with van der Waals surface area (Å²) in [6, 6.07) is 0. The summed E-state index contributed by atoms with van der Waals surface area (Å²) in [6.07, 6.45) is 7.79. The minimum Gasteiger partial charge on any atom is -0.369 e. The molecule has 12 heteroatoms. The molecule has 160 valence electrons. The number of rotatable bonds is 6. The molecule has 0 bridgehead atoms. The lowest BCUT2D eigenvalue weighted by Crippen LogP contribution is -2.21. The molecule has 0 amide bonds. The maximum absolute atomic E-state index is 10.6. The van der Waals surface area contributed by atoms with E-state index in [1.165, 1.54) is 6.08 Å². The van der Waals surface area contributed by atoms with Crippen molar-refractivity contribution in [1.82, 2.24) is 19.5 Å². The zero-order chi connectivity index (χ0) is 21.3. The number of ether oxygens (including phenoxy) is 1. The van der Waals surface area contributed by atoms with Crippen molar-refractivity contribution in [1.29, 1.82) is 0 Å². The van der Waals surface area contributed by atoms with Crippen LogP contribution in [0.1, 0.15) is 26.0 Å². The van der Waals surface area contributed by atoms with Crippen molar-refractivity contribution < 1.29 is 23.2 Å². The molecule has 0 saturated carbocycles. The van der Waals surface area contributed by atoms with Crippen LogP contribution in [0.3, 0.4) is 0 Å². The second kappa shape index (κ2) is 8.54. The molecular formula is C18H23N5O5PS+. The number of hydrogen-bond acceptors (Lipinski definition) is 9. The van der Waals surface area contributed by atoms with E-state index in [1.807, 2.05) is 23.6 Å². The van der Waals surface area contributed by atoms with Crippen molar-refractivity contribution in [3.05, 3.63) is 47.1 Å². The number of aromatic amines is 1.